The number of rotatable bonds is 4. The normalized spacial score (nSPS) is 26.2. The van der Waals surface area contributed by atoms with Crippen LogP contribution in [0.5, 0.6) is 0 Å². The maximum atomic E-state index is 12.2. The van der Waals surface area contributed by atoms with Crippen LogP contribution in [-0.2, 0) is 9.47 Å². The molecule has 4 aliphatic rings. The average Bonchev–Trinajstić information content (AvgIpc) is 2.97. The molecule has 0 spiro atoms. The lowest BCUT2D eigenvalue weighted by Crippen LogP contribution is -2.64. The predicted octanol–water partition coefficient (Wildman–Crippen LogP) is 7.38. The van der Waals surface area contributed by atoms with Crippen LogP contribution in [0.15, 0.2) is 60.7 Å². The molecule has 0 aromatic heterocycles. The van der Waals surface area contributed by atoms with Crippen molar-refractivity contribution in [1.29, 1.82) is 0 Å². The molecule has 8 heteroatoms. The molecule has 0 N–H and O–H groups in total. The number of piperidine rings is 2. The van der Waals surface area contributed by atoms with Crippen LogP contribution in [0.3, 0.4) is 0 Å². The van der Waals surface area contributed by atoms with Gasteiger partial charge in [-0.1, -0.05) is 60.7 Å². The molecule has 0 bridgehead atoms. The lowest BCUT2D eigenvalue weighted by atomic mass is 9.80. The van der Waals surface area contributed by atoms with Crippen LogP contribution in [0.25, 0.3) is 0 Å². The Kier molecular flexibility index (Phi) is 10.4. The van der Waals surface area contributed by atoms with Crippen molar-refractivity contribution in [3.63, 3.8) is 0 Å². The Labute approximate surface area is 277 Å². The first-order valence-corrected chi connectivity index (χ1v) is 17.3. The van der Waals surface area contributed by atoms with Crippen molar-refractivity contribution < 1.29 is 19.1 Å². The molecule has 2 amide bonds. The molecule has 2 aromatic rings. The van der Waals surface area contributed by atoms with E-state index in [1.54, 1.807) is 0 Å². The third-order valence-electron chi connectivity index (χ3n) is 9.99. The van der Waals surface area contributed by atoms with Gasteiger partial charge in [-0.3, -0.25) is 9.80 Å². The Hall–Kier alpha value is -3.10. The summed E-state index contributed by atoms with van der Waals surface area (Å²) in [6.07, 6.45) is 1.76. The highest BCUT2D eigenvalue weighted by molar-refractivity contribution is 5.68. The summed E-state index contributed by atoms with van der Waals surface area (Å²) in [6, 6.07) is 23.5. The Morgan fingerprint density at radius 3 is 1.26 bits per heavy atom. The van der Waals surface area contributed by atoms with Crippen LogP contribution in [0.2, 0.25) is 0 Å². The van der Waals surface area contributed by atoms with Gasteiger partial charge in [0.05, 0.1) is 0 Å². The van der Waals surface area contributed by atoms with E-state index in [0.29, 0.717) is 36.0 Å². The Morgan fingerprint density at radius 2 is 0.957 bits per heavy atom. The van der Waals surface area contributed by atoms with E-state index in [1.165, 1.54) is 11.1 Å². The summed E-state index contributed by atoms with van der Waals surface area (Å²) in [4.78, 5) is 33.4. The zero-order valence-electron chi connectivity index (χ0n) is 29.3. The Morgan fingerprint density at radius 1 is 0.609 bits per heavy atom. The van der Waals surface area contributed by atoms with Gasteiger partial charge < -0.3 is 19.3 Å². The molecule has 6 atom stereocenters. The van der Waals surface area contributed by atoms with E-state index < -0.39 is 11.2 Å². The summed E-state index contributed by atoms with van der Waals surface area (Å²) in [7, 11) is 0. The third kappa shape index (κ3) is 8.24. The molecule has 8 nitrogen and oxygen atoms in total. The summed E-state index contributed by atoms with van der Waals surface area (Å²) < 4.78 is 11.0. The fraction of sp³-hybridized carbons (Fsp3) is 0.632. The van der Waals surface area contributed by atoms with Gasteiger partial charge in [0.25, 0.3) is 0 Å². The van der Waals surface area contributed by atoms with Crippen molar-refractivity contribution in [2.45, 2.75) is 104 Å². The number of nitrogens with zero attached hydrogens (tertiary/aromatic N) is 4. The number of carbonyl (C=O) groups is 2. The van der Waals surface area contributed by atoms with Crippen LogP contribution in [0.1, 0.15) is 91.4 Å². The number of fused-ring (bicyclic) bond motifs is 2. The average molecular weight is 633 g/mol. The minimum absolute atomic E-state index is 0.162. The molecule has 6 rings (SSSR count). The van der Waals surface area contributed by atoms with Crippen molar-refractivity contribution >= 4 is 12.2 Å². The Bertz CT molecular complexity index is 1210. The lowest BCUT2D eigenvalue weighted by Gasteiger charge is -2.55. The van der Waals surface area contributed by atoms with E-state index in [1.807, 2.05) is 51.3 Å². The van der Waals surface area contributed by atoms with E-state index in [4.69, 9.17) is 9.47 Å². The first-order valence-electron chi connectivity index (χ1n) is 17.3. The van der Waals surface area contributed by atoms with Crippen LogP contribution in [0.4, 0.5) is 9.59 Å². The van der Waals surface area contributed by atoms with Crippen LogP contribution >= 0.6 is 0 Å². The quantitative estimate of drug-likeness (QED) is 0.351. The summed E-state index contributed by atoms with van der Waals surface area (Å²) >= 11 is 0. The fourth-order valence-corrected chi connectivity index (χ4v) is 7.53. The van der Waals surface area contributed by atoms with Gasteiger partial charge in [-0.05, 0) is 79.4 Å². The zero-order chi connectivity index (χ0) is 33.2. The molecule has 4 heterocycles. The lowest BCUT2D eigenvalue weighted by molar-refractivity contribution is -0.0699. The summed E-state index contributed by atoms with van der Waals surface area (Å²) in [5, 5.41) is 0. The van der Waals surface area contributed by atoms with E-state index >= 15 is 0 Å². The number of hydrogen-bond donors (Lipinski definition) is 0. The second kappa shape index (κ2) is 13.9. The standard InChI is InChI=1S/2C19H28N2O2/c2*1-14(15-8-6-5-7-9-15)21-13-16-12-20(11-10-17(16)21)18(22)23-19(2,3)4/h2*5-9,14,16-17H,10-13H2,1-4H3. The molecule has 4 fully saturated rings. The molecule has 0 aliphatic carbocycles. The molecule has 6 unspecified atom stereocenters. The molecule has 46 heavy (non-hydrogen) atoms. The van der Waals surface area contributed by atoms with Crippen LogP contribution in [-0.4, -0.2) is 94.3 Å². The molecule has 4 saturated heterocycles. The second-order valence-corrected chi connectivity index (χ2v) is 15.7. The number of ether oxygens (including phenoxy) is 2. The molecular weight excluding hydrogens is 576 g/mol. The van der Waals surface area contributed by atoms with Gasteiger partial charge in [0, 0.05) is 75.3 Å². The zero-order valence-corrected chi connectivity index (χ0v) is 29.3. The van der Waals surface area contributed by atoms with Crippen molar-refractivity contribution in [1.82, 2.24) is 19.6 Å². The predicted molar refractivity (Wildman–Crippen MR) is 183 cm³/mol. The molecule has 252 valence electrons. The number of carbonyl (C=O) groups excluding carboxylic acids is 2. The number of hydrogen-bond acceptors (Lipinski definition) is 6. The van der Waals surface area contributed by atoms with Gasteiger partial charge in [0.1, 0.15) is 11.2 Å². The van der Waals surface area contributed by atoms with Crippen molar-refractivity contribution in [3.05, 3.63) is 71.8 Å². The molecular formula is C38H56N4O4. The largest absolute Gasteiger partial charge is 0.444 e. The summed E-state index contributed by atoms with van der Waals surface area (Å²) in [5.41, 5.74) is 1.92. The van der Waals surface area contributed by atoms with Gasteiger partial charge in [-0.25, -0.2) is 9.59 Å². The number of likely N-dealkylation sites (tertiary alicyclic amines) is 4. The van der Waals surface area contributed by atoms with Crippen LogP contribution in [0, 0.1) is 11.8 Å². The highest BCUT2D eigenvalue weighted by Gasteiger charge is 2.47. The van der Waals surface area contributed by atoms with E-state index in [9.17, 15) is 9.59 Å². The van der Waals surface area contributed by atoms with Crippen molar-refractivity contribution in [2.75, 3.05) is 39.3 Å². The molecule has 0 radical (unpaired) electrons. The first-order chi connectivity index (χ1) is 21.7. The van der Waals surface area contributed by atoms with Gasteiger partial charge in [-0.2, -0.15) is 0 Å². The molecule has 2 aromatic carbocycles. The smallest absolute Gasteiger partial charge is 0.410 e. The first kappa shape index (κ1) is 34.2. The van der Waals surface area contributed by atoms with Gasteiger partial charge in [0.15, 0.2) is 0 Å². The minimum Gasteiger partial charge on any atom is -0.444 e. The van der Waals surface area contributed by atoms with Gasteiger partial charge >= 0.3 is 12.2 Å². The molecule has 4 aliphatic heterocycles. The number of amides is 2. The van der Waals surface area contributed by atoms with Crippen LogP contribution < -0.4 is 0 Å². The maximum Gasteiger partial charge on any atom is 0.410 e. The van der Waals surface area contributed by atoms with Crippen molar-refractivity contribution in [3.8, 4) is 0 Å². The third-order valence-corrected chi connectivity index (χ3v) is 9.99. The summed E-state index contributed by atoms with van der Waals surface area (Å²) in [6.45, 7) is 21.5. The monoisotopic (exact) mass is 632 g/mol. The Balaban J connectivity index is 0.000000181. The minimum atomic E-state index is -0.415. The van der Waals surface area contributed by atoms with Gasteiger partial charge in [-0.15, -0.1) is 0 Å². The maximum absolute atomic E-state index is 12.2. The highest BCUT2D eigenvalue weighted by atomic mass is 16.6. The number of benzene rings is 2. The van der Waals surface area contributed by atoms with E-state index in [2.05, 4.69) is 84.3 Å². The highest BCUT2D eigenvalue weighted by Crippen LogP contribution is 2.40. The van der Waals surface area contributed by atoms with E-state index in [0.717, 1.165) is 52.1 Å². The van der Waals surface area contributed by atoms with E-state index in [-0.39, 0.29) is 12.2 Å². The van der Waals surface area contributed by atoms with Crippen molar-refractivity contribution in [2.24, 2.45) is 11.8 Å². The second-order valence-electron chi connectivity index (χ2n) is 15.7. The molecule has 0 saturated carbocycles. The SMILES string of the molecule is CC(c1ccccc1)N1CC2CN(C(=O)OC(C)(C)C)CCC21.CC(c1ccccc1)N1CC2CN(C(=O)OC(C)(C)C)CCC21. The fourth-order valence-electron chi connectivity index (χ4n) is 7.53. The topological polar surface area (TPSA) is 65.6 Å². The summed E-state index contributed by atoms with van der Waals surface area (Å²) in [5.74, 6) is 1.17. The van der Waals surface area contributed by atoms with Gasteiger partial charge in [0.2, 0.25) is 0 Å².